The van der Waals surface area contributed by atoms with E-state index in [2.05, 4.69) is 16.5 Å². The summed E-state index contributed by atoms with van der Waals surface area (Å²) in [6, 6.07) is 2.56. The van der Waals surface area contributed by atoms with Gasteiger partial charge in [-0.25, -0.2) is 4.98 Å². The fraction of sp³-hybridized carbons (Fsp3) is 0.591. The summed E-state index contributed by atoms with van der Waals surface area (Å²) in [7, 11) is 0. The van der Waals surface area contributed by atoms with Gasteiger partial charge < -0.3 is 5.32 Å². The number of Topliss-reactive ketones (excluding diaryl/α,β-unsaturated/α-hetero) is 1. The van der Waals surface area contributed by atoms with Crippen molar-refractivity contribution in [2.45, 2.75) is 77.2 Å². The van der Waals surface area contributed by atoms with Crippen LogP contribution in [0.25, 0.3) is 10.2 Å². The maximum atomic E-state index is 12.2. The highest BCUT2D eigenvalue weighted by atomic mass is 32.1. The minimum atomic E-state index is 0.0784. The summed E-state index contributed by atoms with van der Waals surface area (Å²) >= 11 is 1.48. The average molecular weight is 384 g/mol. The summed E-state index contributed by atoms with van der Waals surface area (Å²) < 4.78 is 0. The van der Waals surface area contributed by atoms with Crippen LogP contribution in [0.4, 0.5) is 11.4 Å². The molecule has 0 amide bonds. The number of thiophene rings is 1. The Kier molecular flexibility index (Phi) is 5.86. The molecule has 1 N–H and O–H groups in total. The summed E-state index contributed by atoms with van der Waals surface area (Å²) in [5, 5.41) is 4.73. The second kappa shape index (κ2) is 8.51. The number of nitrogens with zero attached hydrogens (tertiary/aromatic N) is 2. The highest BCUT2D eigenvalue weighted by Crippen LogP contribution is 2.42. The van der Waals surface area contributed by atoms with Crippen LogP contribution in [0.5, 0.6) is 0 Å². The van der Waals surface area contributed by atoms with Gasteiger partial charge in [-0.05, 0) is 31.2 Å². The number of hydrogen-bond donors (Lipinski definition) is 1. The highest BCUT2D eigenvalue weighted by Gasteiger charge is 2.21. The Balaban J connectivity index is 1.65. The molecular formula is C22H29N3OS. The number of nitrogens with one attached hydrogen (secondary N) is 1. The lowest BCUT2D eigenvalue weighted by Crippen LogP contribution is -2.14. The Morgan fingerprint density at radius 2 is 1.96 bits per heavy atom. The first-order chi connectivity index (χ1) is 13.2. The number of ketones is 1. The van der Waals surface area contributed by atoms with Gasteiger partial charge in [-0.3, -0.25) is 9.79 Å². The fourth-order valence-corrected chi connectivity index (χ4v) is 5.51. The molecule has 0 aliphatic heterocycles. The van der Waals surface area contributed by atoms with E-state index < -0.39 is 0 Å². The van der Waals surface area contributed by atoms with Crippen molar-refractivity contribution in [2.75, 3.05) is 5.32 Å². The first-order valence-corrected chi connectivity index (χ1v) is 11.3. The predicted octanol–water partition coefficient (Wildman–Crippen LogP) is 6.53. The summed E-state index contributed by atoms with van der Waals surface area (Å²) in [4.78, 5) is 23.2. The molecule has 2 aromatic heterocycles. The van der Waals surface area contributed by atoms with Crippen LogP contribution in [-0.2, 0) is 0 Å². The van der Waals surface area contributed by atoms with Gasteiger partial charge in [0.2, 0.25) is 0 Å². The molecule has 2 fully saturated rings. The van der Waals surface area contributed by atoms with Crippen LogP contribution in [-0.4, -0.2) is 23.0 Å². The third-order valence-corrected chi connectivity index (χ3v) is 7.17. The zero-order valence-corrected chi connectivity index (χ0v) is 17.0. The number of carbonyl (C=O) groups excluding carboxylic acids is 1. The lowest BCUT2D eigenvalue weighted by molar-refractivity contribution is 0.102. The van der Waals surface area contributed by atoms with Crippen molar-refractivity contribution in [1.82, 2.24) is 4.98 Å². The second-order valence-electron chi connectivity index (χ2n) is 8.05. The fourth-order valence-electron chi connectivity index (χ4n) is 4.50. The molecule has 0 radical (unpaired) electrons. The SMILES string of the molecule is CC(=O)c1sc2nccc(NC3CCCC3)c2c1N=CCC1CCCCC1. The molecule has 2 aliphatic rings. The van der Waals surface area contributed by atoms with Gasteiger partial charge in [0.15, 0.2) is 5.78 Å². The standard InChI is InChI=1S/C22H29N3OS/c1-15(26)21-20(23-13-11-16-7-3-2-4-8-16)19-18(12-14-24-22(19)27-21)25-17-9-5-6-10-17/h12-14,16-17H,2-11H2,1H3,(H,24,25). The molecule has 5 heteroatoms. The molecule has 0 bridgehead atoms. The number of fused-ring (bicyclic) bond motifs is 1. The summed E-state index contributed by atoms with van der Waals surface area (Å²) in [5.74, 6) is 0.831. The van der Waals surface area contributed by atoms with Crippen molar-refractivity contribution in [1.29, 1.82) is 0 Å². The molecular weight excluding hydrogens is 354 g/mol. The molecule has 0 aromatic carbocycles. The maximum Gasteiger partial charge on any atom is 0.172 e. The number of pyridine rings is 1. The van der Waals surface area contributed by atoms with E-state index >= 15 is 0 Å². The third-order valence-electron chi connectivity index (χ3n) is 5.99. The van der Waals surface area contributed by atoms with Crippen molar-refractivity contribution >= 4 is 44.9 Å². The molecule has 27 heavy (non-hydrogen) atoms. The van der Waals surface area contributed by atoms with E-state index in [1.54, 1.807) is 6.92 Å². The molecule has 0 spiro atoms. The minimum Gasteiger partial charge on any atom is -0.382 e. The van der Waals surface area contributed by atoms with E-state index in [1.165, 1.54) is 69.1 Å². The molecule has 2 saturated carbocycles. The van der Waals surface area contributed by atoms with Crippen LogP contribution in [0, 0.1) is 5.92 Å². The van der Waals surface area contributed by atoms with E-state index in [1.807, 2.05) is 12.3 Å². The molecule has 0 atom stereocenters. The van der Waals surface area contributed by atoms with Crippen LogP contribution in [0.3, 0.4) is 0 Å². The Bertz CT molecular complexity index is 829. The predicted molar refractivity (Wildman–Crippen MR) is 115 cm³/mol. The molecule has 0 unspecified atom stereocenters. The molecule has 2 aliphatic carbocycles. The van der Waals surface area contributed by atoms with Crippen LogP contribution in [0.1, 0.15) is 80.8 Å². The number of carbonyl (C=O) groups is 1. The number of aromatic nitrogens is 1. The molecule has 4 rings (SSSR count). The van der Waals surface area contributed by atoms with Crippen LogP contribution >= 0.6 is 11.3 Å². The first kappa shape index (κ1) is 18.6. The highest BCUT2D eigenvalue weighted by molar-refractivity contribution is 7.21. The van der Waals surface area contributed by atoms with Gasteiger partial charge in [-0.15, -0.1) is 11.3 Å². The zero-order chi connectivity index (χ0) is 18.6. The first-order valence-electron chi connectivity index (χ1n) is 10.4. The van der Waals surface area contributed by atoms with Crippen molar-refractivity contribution in [3.05, 3.63) is 17.1 Å². The van der Waals surface area contributed by atoms with Gasteiger partial charge in [0.25, 0.3) is 0 Å². The van der Waals surface area contributed by atoms with Crippen molar-refractivity contribution in [2.24, 2.45) is 10.9 Å². The van der Waals surface area contributed by atoms with E-state index in [9.17, 15) is 4.79 Å². The quantitative estimate of drug-likeness (QED) is 0.456. The Morgan fingerprint density at radius 1 is 1.22 bits per heavy atom. The minimum absolute atomic E-state index is 0.0784. The smallest absolute Gasteiger partial charge is 0.172 e. The Hall–Kier alpha value is -1.75. The number of aliphatic imine (C=N–C) groups is 1. The van der Waals surface area contributed by atoms with E-state index in [0.717, 1.165) is 38.8 Å². The Labute approximate surface area is 165 Å². The normalized spacial score (nSPS) is 19.3. The van der Waals surface area contributed by atoms with Gasteiger partial charge in [0.05, 0.1) is 16.0 Å². The third kappa shape index (κ3) is 4.23. The average Bonchev–Trinajstić information content (AvgIpc) is 3.31. The second-order valence-corrected chi connectivity index (χ2v) is 9.05. The van der Waals surface area contributed by atoms with Gasteiger partial charge >= 0.3 is 0 Å². The largest absolute Gasteiger partial charge is 0.382 e. The molecule has 0 saturated heterocycles. The lowest BCUT2D eigenvalue weighted by atomic mass is 9.87. The van der Waals surface area contributed by atoms with Crippen molar-refractivity contribution < 1.29 is 4.79 Å². The molecule has 144 valence electrons. The van der Waals surface area contributed by atoms with Crippen LogP contribution < -0.4 is 5.32 Å². The van der Waals surface area contributed by atoms with E-state index in [-0.39, 0.29) is 5.78 Å². The zero-order valence-electron chi connectivity index (χ0n) is 16.2. The Morgan fingerprint density at radius 3 is 2.70 bits per heavy atom. The van der Waals surface area contributed by atoms with E-state index in [4.69, 9.17) is 4.99 Å². The van der Waals surface area contributed by atoms with Crippen LogP contribution in [0.15, 0.2) is 17.3 Å². The maximum absolute atomic E-state index is 12.2. The summed E-state index contributed by atoms with van der Waals surface area (Å²) in [5.41, 5.74) is 1.91. The lowest BCUT2D eigenvalue weighted by Gasteiger charge is -2.19. The number of rotatable bonds is 6. The number of hydrogen-bond acceptors (Lipinski definition) is 5. The molecule has 2 heterocycles. The van der Waals surface area contributed by atoms with Gasteiger partial charge in [-0.1, -0.05) is 44.9 Å². The van der Waals surface area contributed by atoms with Crippen LogP contribution in [0.2, 0.25) is 0 Å². The van der Waals surface area contributed by atoms with Gasteiger partial charge in [0, 0.05) is 31.1 Å². The van der Waals surface area contributed by atoms with E-state index in [0.29, 0.717) is 6.04 Å². The topological polar surface area (TPSA) is 54.4 Å². The van der Waals surface area contributed by atoms with Crippen molar-refractivity contribution in [3.8, 4) is 0 Å². The van der Waals surface area contributed by atoms with Gasteiger partial charge in [-0.2, -0.15) is 0 Å². The molecule has 4 nitrogen and oxygen atoms in total. The monoisotopic (exact) mass is 383 g/mol. The molecule has 2 aromatic rings. The van der Waals surface area contributed by atoms with Crippen molar-refractivity contribution in [3.63, 3.8) is 0 Å². The summed E-state index contributed by atoms with van der Waals surface area (Å²) in [6.45, 7) is 1.63. The summed E-state index contributed by atoms with van der Waals surface area (Å²) in [6.07, 6.45) is 16.6. The number of anilines is 1. The van der Waals surface area contributed by atoms with Gasteiger partial charge in [0.1, 0.15) is 4.83 Å².